The summed E-state index contributed by atoms with van der Waals surface area (Å²) in [5.74, 6) is -0.306. The standard InChI is InChI=1S/C46H24N4O/c47-24-27-22-36(30-15-9-18-41(38(30)26-49)50-39-16-6-3-11-31(39)32-12-4-7-17-40(32)50)37(23-28(27)25-48)44-33-13-2-1-10-29(33)34-20-21-43-45(46(34)44)35-14-5-8-19-42(35)51-43/h1-23,44H. The van der Waals surface area contributed by atoms with Gasteiger partial charge in [-0.15, -0.1) is 0 Å². The number of nitrogens with zero attached hydrogens (tertiary/aromatic N) is 4. The Bertz CT molecular complexity index is 3030. The molecule has 1 aliphatic rings. The molecule has 234 valence electrons. The second-order valence-electron chi connectivity index (χ2n) is 12.9. The third-order valence-corrected chi connectivity index (χ3v) is 10.4. The van der Waals surface area contributed by atoms with Crippen molar-refractivity contribution < 1.29 is 4.42 Å². The van der Waals surface area contributed by atoms with Gasteiger partial charge in [-0.2, -0.15) is 15.8 Å². The Hall–Kier alpha value is -7.39. The molecule has 2 aromatic heterocycles. The maximum absolute atomic E-state index is 11.0. The average molecular weight is 649 g/mol. The van der Waals surface area contributed by atoms with Crippen LogP contribution >= 0.6 is 0 Å². The van der Waals surface area contributed by atoms with Gasteiger partial charge in [0.2, 0.25) is 0 Å². The monoisotopic (exact) mass is 648 g/mol. The summed E-state index contributed by atoms with van der Waals surface area (Å²) in [4.78, 5) is 0. The summed E-state index contributed by atoms with van der Waals surface area (Å²) < 4.78 is 8.53. The van der Waals surface area contributed by atoms with E-state index in [1.807, 2.05) is 84.9 Å². The number of fused-ring (bicyclic) bond motifs is 10. The summed E-state index contributed by atoms with van der Waals surface area (Å²) >= 11 is 0. The lowest BCUT2D eigenvalue weighted by Gasteiger charge is -2.22. The topological polar surface area (TPSA) is 89.4 Å². The van der Waals surface area contributed by atoms with Crippen molar-refractivity contribution >= 4 is 43.7 Å². The molecule has 0 N–H and O–H groups in total. The van der Waals surface area contributed by atoms with Gasteiger partial charge in [0.25, 0.3) is 0 Å². The van der Waals surface area contributed by atoms with Crippen LogP contribution in [0.1, 0.15) is 39.3 Å². The van der Waals surface area contributed by atoms with Gasteiger partial charge in [-0.1, -0.05) is 97.1 Å². The first-order valence-corrected chi connectivity index (χ1v) is 16.7. The molecule has 0 radical (unpaired) electrons. The third-order valence-electron chi connectivity index (χ3n) is 10.4. The molecule has 9 aromatic rings. The quantitative estimate of drug-likeness (QED) is 0.191. The van der Waals surface area contributed by atoms with Crippen LogP contribution in [0.5, 0.6) is 0 Å². The zero-order chi connectivity index (χ0) is 34.2. The number of para-hydroxylation sites is 3. The van der Waals surface area contributed by atoms with Crippen molar-refractivity contribution in [3.8, 4) is 46.1 Å². The van der Waals surface area contributed by atoms with E-state index in [-0.39, 0.29) is 11.5 Å². The molecule has 10 rings (SSSR count). The van der Waals surface area contributed by atoms with Gasteiger partial charge in [-0.25, -0.2) is 0 Å². The second-order valence-corrected chi connectivity index (χ2v) is 12.9. The van der Waals surface area contributed by atoms with E-state index in [9.17, 15) is 15.8 Å². The molecular formula is C46H24N4O. The molecule has 1 atom stereocenters. The van der Waals surface area contributed by atoms with Gasteiger partial charge in [-0.3, -0.25) is 0 Å². The summed E-state index contributed by atoms with van der Waals surface area (Å²) in [5, 5.41) is 35.9. The van der Waals surface area contributed by atoms with Gasteiger partial charge in [0.1, 0.15) is 29.4 Å². The predicted octanol–water partition coefficient (Wildman–Crippen LogP) is 11.1. The van der Waals surface area contributed by atoms with Crippen LogP contribution in [0.15, 0.2) is 144 Å². The van der Waals surface area contributed by atoms with Gasteiger partial charge >= 0.3 is 0 Å². The number of aromatic nitrogens is 1. The molecule has 0 saturated heterocycles. The van der Waals surface area contributed by atoms with E-state index in [0.717, 1.165) is 82.8 Å². The highest BCUT2D eigenvalue weighted by atomic mass is 16.3. The first-order valence-electron chi connectivity index (χ1n) is 16.7. The van der Waals surface area contributed by atoms with E-state index in [1.54, 1.807) is 6.07 Å². The van der Waals surface area contributed by atoms with Crippen LogP contribution in [0.4, 0.5) is 0 Å². The van der Waals surface area contributed by atoms with Crippen LogP contribution in [0.25, 0.3) is 71.7 Å². The van der Waals surface area contributed by atoms with E-state index < -0.39 is 0 Å². The molecule has 51 heavy (non-hydrogen) atoms. The first kappa shape index (κ1) is 28.6. The minimum Gasteiger partial charge on any atom is -0.456 e. The lowest BCUT2D eigenvalue weighted by atomic mass is 9.80. The number of hydrogen-bond donors (Lipinski definition) is 0. The molecule has 0 spiro atoms. The minimum atomic E-state index is -0.306. The minimum absolute atomic E-state index is 0.265. The predicted molar refractivity (Wildman–Crippen MR) is 200 cm³/mol. The van der Waals surface area contributed by atoms with Crippen molar-refractivity contribution in [3.05, 3.63) is 173 Å². The number of hydrogen-bond acceptors (Lipinski definition) is 4. The lowest BCUT2D eigenvalue weighted by Crippen LogP contribution is -2.06. The Balaban J connectivity index is 1.32. The number of nitriles is 3. The summed E-state index contributed by atoms with van der Waals surface area (Å²) in [5.41, 5.74) is 12.1. The van der Waals surface area contributed by atoms with Crippen molar-refractivity contribution in [1.82, 2.24) is 4.57 Å². The zero-order valence-corrected chi connectivity index (χ0v) is 27.1. The Morgan fingerprint density at radius 1 is 0.490 bits per heavy atom. The fourth-order valence-electron chi connectivity index (χ4n) is 8.37. The normalized spacial score (nSPS) is 13.2. The highest BCUT2D eigenvalue weighted by Gasteiger charge is 2.35. The summed E-state index contributed by atoms with van der Waals surface area (Å²) in [7, 11) is 0. The van der Waals surface area contributed by atoms with Crippen molar-refractivity contribution in [2.45, 2.75) is 5.92 Å². The lowest BCUT2D eigenvalue weighted by molar-refractivity contribution is 0.668. The van der Waals surface area contributed by atoms with E-state index in [2.05, 4.69) is 71.3 Å². The van der Waals surface area contributed by atoms with Gasteiger partial charge in [0.05, 0.1) is 33.4 Å². The third kappa shape index (κ3) is 3.94. The second kappa shape index (κ2) is 10.8. The molecule has 2 heterocycles. The fraction of sp³-hybridized carbons (Fsp3) is 0.0217. The molecular weight excluding hydrogens is 625 g/mol. The highest BCUT2D eigenvalue weighted by molar-refractivity contribution is 6.11. The Labute approximate surface area is 292 Å². The summed E-state index contributed by atoms with van der Waals surface area (Å²) in [6, 6.07) is 53.8. The van der Waals surface area contributed by atoms with E-state index in [1.165, 1.54) is 0 Å². The molecule has 0 saturated carbocycles. The van der Waals surface area contributed by atoms with Gasteiger partial charge in [0, 0.05) is 33.0 Å². The van der Waals surface area contributed by atoms with Crippen LogP contribution in [0.2, 0.25) is 0 Å². The fourth-order valence-corrected chi connectivity index (χ4v) is 8.37. The molecule has 5 nitrogen and oxygen atoms in total. The maximum atomic E-state index is 11.0. The van der Waals surface area contributed by atoms with Crippen LogP contribution in [0, 0.1) is 34.0 Å². The van der Waals surface area contributed by atoms with E-state index in [4.69, 9.17) is 4.42 Å². The van der Waals surface area contributed by atoms with Crippen molar-refractivity contribution in [1.29, 1.82) is 15.8 Å². The van der Waals surface area contributed by atoms with Crippen LogP contribution in [-0.2, 0) is 0 Å². The molecule has 0 bridgehead atoms. The van der Waals surface area contributed by atoms with Gasteiger partial charge in [0.15, 0.2) is 0 Å². The van der Waals surface area contributed by atoms with E-state index >= 15 is 0 Å². The van der Waals surface area contributed by atoms with Crippen molar-refractivity contribution in [2.75, 3.05) is 0 Å². The summed E-state index contributed by atoms with van der Waals surface area (Å²) in [6.45, 7) is 0. The van der Waals surface area contributed by atoms with Gasteiger partial charge < -0.3 is 8.98 Å². The van der Waals surface area contributed by atoms with Crippen molar-refractivity contribution in [3.63, 3.8) is 0 Å². The van der Waals surface area contributed by atoms with Crippen LogP contribution in [0.3, 0.4) is 0 Å². The largest absolute Gasteiger partial charge is 0.456 e. The Kier molecular flexibility index (Phi) is 6.06. The van der Waals surface area contributed by atoms with Crippen molar-refractivity contribution in [2.24, 2.45) is 0 Å². The number of furan rings is 1. The molecule has 1 aliphatic carbocycles. The number of benzene rings is 7. The molecule has 0 fully saturated rings. The smallest absolute Gasteiger partial charge is 0.135 e. The Morgan fingerprint density at radius 3 is 1.88 bits per heavy atom. The van der Waals surface area contributed by atoms with Crippen LogP contribution in [-0.4, -0.2) is 4.57 Å². The molecule has 1 unspecified atom stereocenters. The highest BCUT2D eigenvalue weighted by Crippen LogP contribution is 2.54. The Morgan fingerprint density at radius 2 is 1.14 bits per heavy atom. The van der Waals surface area contributed by atoms with E-state index in [0.29, 0.717) is 16.7 Å². The molecule has 7 aromatic carbocycles. The molecule has 5 heteroatoms. The number of rotatable bonds is 3. The average Bonchev–Trinajstić information content (AvgIpc) is 3.84. The summed E-state index contributed by atoms with van der Waals surface area (Å²) in [6.07, 6.45) is 0. The molecule has 0 aliphatic heterocycles. The SMILES string of the molecule is N#Cc1cc(-c2cccc(-n3c4ccccc4c4ccccc43)c2C#N)c(C2c3ccccc3-c3ccc4oc5ccccc5c4c32)cc1C#N. The van der Waals surface area contributed by atoms with Gasteiger partial charge in [-0.05, 0) is 75.8 Å². The van der Waals surface area contributed by atoms with Crippen LogP contribution < -0.4 is 0 Å². The maximum Gasteiger partial charge on any atom is 0.135 e. The zero-order valence-electron chi connectivity index (χ0n) is 27.1. The molecule has 0 amide bonds. The first-order chi connectivity index (χ1) is 25.2.